The molecule has 0 aromatic heterocycles. The molecule has 2 aromatic carbocycles. The SMILES string of the molecule is CC#CCCNCc1cccc2ccccc12. The van der Waals surface area contributed by atoms with Crippen molar-refractivity contribution in [2.75, 3.05) is 6.54 Å². The van der Waals surface area contributed by atoms with Crippen LogP contribution in [-0.4, -0.2) is 6.54 Å². The van der Waals surface area contributed by atoms with Gasteiger partial charge < -0.3 is 5.32 Å². The summed E-state index contributed by atoms with van der Waals surface area (Å²) in [6, 6.07) is 15.0. The highest BCUT2D eigenvalue weighted by atomic mass is 14.8. The van der Waals surface area contributed by atoms with Crippen molar-refractivity contribution in [3.8, 4) is 11.8 Å². The molecule has 2 rings (SSSR count). The van der Waals surface area contributed by atoms with Gasteiger partial charge in [0.2, 0.25) is 0 Å². The predicted octanol–water partition coefficient (Wildman–Crippen LogP) is 3.34. The molecule has 0 aliphatic heterocycles. The average molecular weight is 223 g/mol. The number of benzene rings is 2. The molecule has 17 heavy (non-hydrogen) atoms. The molecule has 0 atom stereocenters. The number of hydrogen-bond donors (Lipinski definition) is 1. The molecular weight excluding hydrogens is 206 g/mol. The van der Waals surface area contributed by atoms with E-state index in [1.165, 1.54) is 16.3 Å². The van der Waals surface area contributed by atoms with Crippen molar-refractivity contribution in [2.24, 2.45) is 0 Å². The summed E-state index contributed by atoms with van der Waals surface area (Å²) in [5, 5.41) is 6.07. The Labute approximate surface area is 103 Å². The normalized spacial score (nSPS) is 9.94. The van der Waals surface area contributed by atoms with E-state index in [1.807, 2.05) is 6.92 Å². The molecule has 0 aliphatic carbocycles. The zero-order valence-electron chi connectivity index (χ0n) is 10.2. The van der Waals surface area contributed by atoms with Gasteiger partial charge in [-0.05, 0) is 23.3 Å². The Morgan fingerprint density at radius 1 is 1.06 bits per heavy atom. The maximum atomic E-state index is 3.43. The van der Waals surface area contributed by atoms with E-state index < -0.39 is 0 Å². The van der Waals surface area contributed by atoms with Crippen LogP contribution in [-0.2, 0) is 6.54 Å². The molecule has 2 aromatic rings. The maximum Gasteiger partial charge on any atom is 0.0214 e. The van der Waals surface area contributed by atoms with Gasteiger partial charge in [-0.1, -0.05) is 42.5 Å². The molecule has 0 saturated carbocycles. The van der Waals surface area contributed by atoms with E-state index >= 15 is 0 Å². The summed E-state index contributed by atoms with van der Waals surface area (Å²) >= 11 is 0. The number of hydrogen-bond acceptors (Lipinski definition) is 1. The van der Waals surface area contributed by atoms with E-state index in [-0.39, 0.29) is 0 Å². The third kappa shape index (κ3) is 3.09. The van der Waals surface area contributed by atoms with Crippen molar-refractivity contribution in [3.63, 3.8) is 0 Å². The molecular formula is C16H17N. The van der Waals surface area contributed by atoms with E-state index in [2.05, 4.69) is 59.6 Å². The molecule has 0 heterocycles. The van der Waals surface area contributed by atoms with Crippen molar-refractivity contribution < 1.29 is 0 Å². The van der Waals surface area contributed by atoms with Crippen molar-refractivity contribution >= 4 is 10.8 Å². The Balaban J connectivity index is 2.05. The molecule has 0 radical (unpaired) electrons. The van der Waals surface area contributed by atoms with Gasteiger partial charge in [0.05, 0.1) is 0 Å². The molecule has 1 nitrogen and oxygen atoms in total. The first-order valence-corrected chi connectivity index (χ1v) is 5.99. The average Bonchev–Trinajstić information content (AvgIpc) is 2.39. The lowest BCUT2D eigenvalue weighted by atomic mass is 10.0. The van der Waals surface area contributed by atoms with E-state index in [0.717, 1.165) is 19.5 Å². The summed E-state index contributed by atoms with van der Waals surface area (Å²) in [6.45, 7) is 3.74. The van der Waals surface area contributed by atoms with Crippen LogP contribution in [0.3, 0.4) is 0 Å². The number of fused-ring (bicyclic) bond motifs is 1. The minimum atomic E-state index is 0.909. The van der Waals surface area contributed by atoms with Crippen LogP contribution < -0.4 is 5.32 Å². The summed E-state index contributed by atoms with van der Waals surface area (Å²) in [5.74, 6) is 5.97. The smallest absolute Gasteiger partial charge is 0.0214 e. The fourth-order valence-electron chi connectivity index (χ4n) is 1.95. The van der Waals surface area contributed by atoms with Crippen LogP contribution in [0.1, 0.15) is 18.9 Å². The topological polar surface area (TPSA) is 12.0 Å². The van der Waals surface area contributed by atoms with Gasteiger partial charge in [-0.15, -0.1) is 11.8 Å². The number of nitrogens with one attached hydrogen (secondary N) is 1. The highest BCUT2D eigenvalue weighted by Crippen LogP contribution is 2.17. The standard InChI is InChI=1S/C16H17N/c1-2-3-6-12-17-13-15-10-7-9-14-8-4-5-11-16(14)15/h4-5,7-11,17H,6,12-13H2,1H3. The Bertz CT molecular complexity index is 541. The second-order valence-corrected chi connectivity index (χ2v) is 3.99. The predicted molar refractivity (Wildman–Crippen MR) is 73.7 cm³/mol. The van der Waals surface area contributed by atoms with Crippen molar-refractivity contribution in [3.05, 3.63) is 48.0 Å². The Morgan fingerprint density at radius 3 is 2.76 bits per heavy atom. The van der Waals surface area contributed by atoms with Gasteiger partial charge in [0.25, 0.3) is 0 Å². The molecule has 0 spiro atoms. The summed E-state index contributed by atoms with van der Waals surface area (Å²) in [4.78, 5) is 0. The fourth-order valence-corrected chi connectivity index (χ4v) is 1.95. The van der Waals surface area contributed by atoms with E-state index in [4.69, 9.17) is 0 Å². The highest BCUT2D eigenvalue weighted by molar-refractivity contribution is 5.85. The second kappa shape index (κ2) is 6.08. The first kappa shape index (κ1) is 11.7. The van der Waals surface area contributed by atoms with Crippen LogP contribution in [0.5, 0.6) is 0 Å². The van der Waals surface area contributed by atoms with E-state index in [9.17, 15) is 0 Å². The molecule has 0 saturated heterocycles. The van der Waals surface area contributed by atoms with Crippen molar-refractivity contribution in [1.82, 2.24) is 5.32 Å². The minimum Gasteiger partial charge on any atom is -0.312 e. The third-order valence-electron chi connectivity index (χ3n) is 2.80. The largest absolute Gasteiger partial charge is 0.312 e. The highest BCUT2D eigenvalue weighted by Gasteiger charge is 1.98. The minimum absolute atomic E-state index is 0.909. The lowest BCUT2D eigenvalue weighted by Gasteiger charge is -2.07. The van der Waals surface area contributed by atoms with E-state index in [1.54, 1.807) is 0 Å². The Hall–Kier alpha value is -1.78. The van der Waals surface area contributed by atoms with Crippen molar-refractivity contribution in [2.45, 2.75) is 19.9 Å². The third-order valence-corrected chi connectivity index (χ3v) is 2.80. The first-order chi connectivity index (χ1) is 8.42. The zero-order chi connectivity index (χ0) is 11.9. The molecule has 0 fully saturated rings. The van der Waals surface area contributed by atoms with Crippen molar-refractivity contribution in [1.29, 1.82) is 0 Å². The number of rotatable bonds is 4. The quantitative estimate of drug-likeness (QED) is 0.619. The van der Waals surface area contributed by atoms with Crippen LogP contribution in [0.4, 0.5) is 0 Å². The van der Waals surface area contributed by atoms with Gasteiger partial charge in [-0.2, -0.15) is 0 Å². The van der Waals surface area contributed by atoms with Gasteiger partial charge in [0, 0.05) is 19.5 Å². The lowest BCUT2D eigenvalue weighted by Crippen LogP contribution is -2.14. The molecule has 0 amide bonds. The van der Waals surface area contributed by atoms with E-state index in [0.29, 0.717) is 0 Å². The second-order valence-electron chi connectivity index (χ2n) is 3.99. The summed E-state index contributed by atoms with van der Waals surface area (Å²) < 4.78 is 0. The van der Waals surface area contributed by atoms with Crippen LogP contribution in [0.25, 0.3) is 10.8 Å². The van der Waals surface area contributed by atoms with Crippen LogP contribution in [0, 0.1) is 11.8 Å². The molecule has 1 heteroatoms. The Morgan fingerprint density at radius 2 is 1.88 bits per heavy atom. The van der Waals surface area contributed by atoms with Gasteiger partial charge in [-0.3, -0.25) is 0 Å². The molecule has 0 bridgehead atoms. The van der Waals surface area contributed by atoms with Gasteiger partial charge in [-0.25, -0.2) is 0 Å². The maximum absolute atomic E-state index is 3.43. The molecule has 0 aliphatic rings. The Kier molecular flexibility index (Phi) is 4.18. The summed E-state index contributed by atoms with van der Waals surface area (Å²) in [5.41, 5.74) is 1.35. The van der Waals surface area contributed by atoms with Gasteiger partial charge in [0.15, 0.2) is 0 Å². The monoisotopic (exact) mass is 223 g/mol. The molecule has 86 valence electrons. The van der Waals surface area contributed by atoms with Crippen LogP contribution in [0.15, 0.2) is 42.5 Å². The van der Waals surface area contributed by atoms with Gasteiger partial charge >= 0.3 is 0 Å². The first-order valence-electron chi connectivity index (χ1n) is 5.99. The van der Waals surface area contributed by atoms with Gasteiger partial charge in [0.1, 0.15) is 0 Å². The van der Waals surface area contributed by atoms with Crippen LogP contribution >= 0.6 is 0 Å². The summed E-state index contributed by atoms with van der Waals surface area (Å²) in [7, 11) is 0. The summed E-state index contributed by atoms with van der Waals surface area (Å²) in [6.07, 6.45) is 0.918. The lowest BCUT2D eigenvalue weighted by molar-refractivity contribution is 0.704. The zero-order valence-corrected chi connectivity index (χ0v) is 10.2. The molecule has 1 N–H and O–H groups in total. The fraction of sp³-hybridized carbons (Fsp3) is 0.250. The molecule has 0 unspecified atom stereocenters. The van der Waals surface area contributed by atoms with Crippen LogP contribution in [0.2, 0.25) is 0 Å².